The normalized spacial score (nSPS) is 10.5. The van der Waals surface area contributed by atoms with Crippen LogP contribution in [0.5, 0.6) is 11.5 Å². The maximum absolute atomic E-state index is 12.3. The molecule has 0 saturated carbocycles. The van der Waals surface area contributed by atoms with E-state index in [-0.39, 0.29) is 5.91 Å². The van der Waals surface area contributed by atoms with Crippen LogP contribution in [0.15, 0.2) is 77.9 Å². The molecule has 1 N–H and O–H groups in total. The standard InChI is InChI=1S/C24H23N3O4/c1-27(2)20-10-6-19(7-11-20)24(29)31-22-12-4-17(5-13-22)16-25-26-23(28)18-8-14-21(30-3)15-9-18/h4-16H,1-3H3,(H,26,28)/b25-16+. The zero-order valence-electron chi connectivity index (χ0n) is 17.5. The summed E-state index contributed by atoms with van der Waals surface area (Å²) in [6.45, 7) is 0. The molecule has 3 aromatic rings. The lowest BCUT2D eigenvalue weighted by molar-refractivity contribution is 0.0734. The molecule has 0 unspecified atom stereocenters. The Labute approximate surface area is 180 Å². The van der Waals surface area contributed by atoms with Gasteiger partial charge in [0.25, 0.3) is 5.91 Å². The molecule has 3 aromatic carbocycles. The Morgan fingerprint density at radius 2 is 1.42 bits per heavy atom. The summed E-state index contributed by atoms with van der Waals surface area (Å²) in [6, 6.07) is 20.7. The Morgan fingerprint density at radius 1 is 0.839 bits per heavy atom. The molecule has 1 amide bonds. The number of methoxy groups -OCH3 is 1. The molecule has 0 aliphatic carbocycles. The van der Waals surface area contributed by atoms with Crippen molar-refractivity contribution in [2.24, 2.45) is 5.10 Å². The van der Waals surface area contributed by atoms with E-state index >= 15 is 0 Å². The molecular weight excluding hydrogens is 394 g/mol. The number of carbonyl (C=O) groups excluding carboxylic acids is 2. The third kappa shape index (κ3) is 5.93. The summed E-state index contributed by atoms with van der Waals surface area (Å²) in [4.78, 5) is 26.3. The molecule has 0 aromatic heterocycles. The SMILES string of the molecule is COc1ccc(C(=O)N/N=C/c2ccc(OC(=O)c3ccc(N(C)C)cc3)cc2)cc1. The van der Waals surface area contributed by atoms with Gasteiger partial charge in [0.05, 0.1) is 18.9 Å². The highest BCUT2D eigenvalue weighted by Gasteiger charge is 2.09. The minimum Gasteiger partial charge on any atom is -0.497 e. The number of ether oxygens (including phenoxy) is 2. The van der Waals surface area contributed by atoms with Gasteiger partial charge in [0.15, 0.2) is 0 Å². The van der Waals surface area contributed by atoms with Gasteiger partial charge in [0, 0.05) is 25.3 Å². The summed E-state index contributed by atoms with van der Waals surface area (Å²) in [5, 5.41) is 3.95. The van der Waals surface area contributed by atoms with E-state index in [2.05, 4.69) is 10.5 Å². The quantitative estimate of drug-likeness (QED) is 0.274. The molecule has 3 rings (SSSR count). The van der Waals surface area contributed by atoms with Crippen LogP contribution in [0.4, 0.5) is 5.69 Å². The first kappa shape index (κ1) is 21.6. The zero-order chi connectivity index (χ0) is 22.2. The van der Waals surface area contributed by atoms with Crippen LogP contribution in [0.1, 0.15) is 26.3 Å². The number of hydrogen-bond acceptors (Lipinski definition) is 6. The van der Waals surface area contributed by atoms with E-state index in [1.807, 2.05) is 31.1 Å². The largest absolute Gasteiger partial charge is 0.497 e. The van der Waals surface area contributed by atoms with E-state index in [4.69, 9.17) is 9.47 Å². The number of nitrogens with zero attached hydrogens (tertiary/aromatic N) is 2. The molecule has 158 valence electrons. The van der Waals surface area contributed by atoms with Gasteiger partial charge in [-0.3, -0.25) is 4.79 Å². The Balaban J connectivity index is 1.54. The lowest BCUT2D eigenvalue weighted by Crippen LogP contribution is -2.17. The lowest BCUT2D eigenvalue weighted by atomic mass is 10.2. The summed E-state index contributed by atoms with van der Waals surface area (Å²) in [6.07, 6.45) is 1.51. The van der Waals surface area contributed by atoms with Crippen molar-refractivity contribution in [2.45, 2.75) is 0 Å². The van der Waals surface area contributed by atoms with Crippen LogP contribution in [-0.4, -0.2) is 39.3 Å². The predicted octanol–water partition coefficient (Wildman–Crippen LogP) is 3.74. The molecular formula is C24H23N3O4. The molecule has 0 atom stereocenters. The van der Waals surface area contributed by atoms with Crippen LogP contribution in [-0.2, 0) is 0 Å². The molecule has 7 heteroatoms. The molecule has 0 bridgehead atoms. The number of carbonyl (C=O) groups is 2. The summed E-state index contributed by atoms with van der Waals surface area (Å²) in [5.41, 5.74) is 5.15. The van der Waals surface area contributed by atoms with Gasteiger partial charge in [-0.2, -0.15) is 5.10 Å². The third-order valence-electron chi connectivity index (χ3n) is 4.44. The second-order valence-electron chi connectivity index (χ2n) is 6.83. The van der Waals surface area contributed by atoms with E-state index < -0.39 is 5.97 Å². The van der Waals surface area contributed by atoms with E-state index in [9.17, 15) is 9.59 Å². The average Bonchev–Trinajstić information content (AvgIpc) is 2.80. The number of hydrogen-bond donors (Lipinski definition) is 1. The van der Waals surface area contributed by atoms with Gasteiger partial charge in [-0.05, 0) is 78.4 Å². The smallest absolute Gasteiger partial charge is 0.343 e. The molecule has 0 fully saturated rings. The van der Waals surface area contributed by atoms with Crippen molar-refractivity contribution in [3.8, 4) is 11.5 Å². The Bertz CT molecular complexity index is 1060. The van der Waals surface area contributed by atoms with Crippen LogP contribution in [0.25, 0.3) is 0 Å². The van der Waals surface area contributed by atoms with Crippen LogP contribution in [0, 0.1) is 0 Å². The summed E-state index contributed by atoms with van der Waals surface area (Å²) >= 11 is 0. The van der Waals surface area contributed by atoms with Crippen molar-refractivity contribution in [2.75, 3.05) is 26.1 Å². The van der Waals surface area contributed by atoms with Gasteiger partial charge in [-0.15, -0.1) is 0 Å². The van der Waals surface area contributed by atoms with Gasteiger partial charge in [0.2, 0.25) is 0 Å². The molecule has 0 aliphatic heterocycles. The fraction of sp³-hybridized carbons (Fsp3) is 0.125. The highest BCUT2D eigenvalue weighted by molar-refractivity contribution is 5.95. The second-order valence-corrected chi connectivity index (χ2v) is 6.83. The van der Waals surface area contributed by atoms with E-state index in [1.54, 1.807) is 67.8 Å². The number of anilines is 1. The number of hydrazone groups is 1. The number of esters is 1. The van der Waals surface area contributed by atoms with Gasteiger partial charge >= 0.3 is 5.97 Å². The van der Waals surface area contributed by atoms with Gasteiger partial charge in [-0.25, -0.2) is 10.2 Å². The number of nitrogens with one attached hydrogen (secondary N) is 1. The van der Waals surface area contributed by atoms with Gasteiger partial charge < -0.3 is 14.4 Å². The van der Waals surface area contributed by atoms with Crippen LogP contribution < -0.4 is 19.8 Å². The van der Waals surface area contributed by atoms with Gasteiger partial charge in [-0.1, -0.05) is 0 Å². The lowest BCUT2D eigenvalue weighted by Gasteiger charge is -2.12. The van der Waals surface area contributed by atoms with Crippen molar-refractivity contribution in [1.82, 2.24) is 5.43 Å². The maximum Gasteiger partial charge on any atom is 0.343 e. The minimum absolute atomic E-state index is 0.329. The molecule has 31 heavy (non-hydrogen) atoms. The highest BCUT2D eigenvalue weighted by atomic mass is 16.5. The number of amides is 1. The molecule has 7 nitrogen and oxygen atoms in total. The van der Waals surface area contributed by atoms with E-state index in [0.29, 0.717) is 22.6 Å². The Kier molecular flexibility index (Phi) is 7.01. The summed E-state index contributed by atoms with van der Waals surface area (Å²) in [7, 11) is 5.43. The molecule has 0 heterocycles. The molecule has 0 aliphatic rings. The topological polar surface area (TPSA) is 80.2 Å². The monoisotopic (exact) mass is 417 g/mol. The van der Waals surface area contributed by atoms with Crippen molar-refractivity contribution < 1.29 is 19.1 Å². The second kappa shape index (κ2) is 10.1. The van der Waals surface area contributed by atoms with Crippen molar-refractivity contribution in [1.29, 1.82) is 0 Å². The highest BCUT2D eigenvalue weighted by Crippen LogP contribution is 2.16. The summed E-state index contributed by atoms with van der Waals surface area (Å²) < 4.78 is 10.5. The fourth-order valence-electron chi connectivity index (χ4n) is 2.66. The average molecular weight is 417 g/mol. The third-order valence-corrected chi connectivity index (χ3v) is 4.44. The Morgan fingerprint density at radius 3 is 2.00 bits per heavy atom. The Hall–Kier alpha value is -4.13. The maximum atomic E-state index is 12.3. The van der Waals surface area contributed by atoms with Crippen molar-refractivity contribution in [3.05, 3.63) is 89.5 Å². The zero-order valence-corrected chi connectivity index (χ0v) is 17.5. The molecule has 0 radical (unpaired) electrons. The number of benzene rings is 3. The molecule has 0 saturated heterocycles. The summed E-state index contributed by atoms with van der Waals surface area (Å²) in [5.74, 6) is 0.329. The fourth-order valence-corrected chi connectivity index (χ4v) is 2.66. The minimum atomic E-state index is -0.432. The van der Waals surface area contributed by atoms with Crippen molar-refractivity contribution in [3.63, 3.8) is 0 Å². The first-order valence-electron chi connectivity index (χ1n) is 9.53. The van der Waals surface area contributed by atoms with Crippen molar-refractivity contribution >= 4 is 23.8 Å². The van der Waals surface area contributed by atoms with Crippen LogP contribution in [0.3, 0.4) is 0 Å². The first-order valence-corrected chi connectivity index (χ1v) is 9.53. The number of rotatable bonds is 7. The van der Waals surface area contributed by atoms with Crippen LogP contribution >= 0.6 is 0 Å². The predicted molar refractivity (Wildman–Crippen MR) is 120 cm³/mol. The van der Waals surface area contributed by atoms with E-state index in [0.717, 1.165) is 11.3 Å². The van der Waals surface area contributed by atoms with Crippen LogP contribution in [0.2, 0.25) is 0 Å². The first-order chi connectivity index (χ1) is 15.0. The van der Waals surface area contributed by atoms with Gasteiger partial charge in [0.1, 0.15) is 11.5 Å². The molecule has 0 spiro atoms. The van der Waals surface area contributed by atoms with E-state index in [1.165, 1.54) is 6.21 Å².